The Labute approximate surface area is 130 Å². The first-order chi connectivity index (χ1) is 10.2. The van der Waals surface area contributed by atoms with Gasteiger partial charge < -0.3 is 9.73 Å². The number of thiophene rings is 1. The minimum atomic E-state index is -0.431. The van der Waals surface area contributed by atoms with E-state index >= 15 is 0 Å². The highest BCUT2D eigenvalue weighted by molar-refractivity contribution is 7.16. The molecule has 21 heavy (non-hydrogen) atoms. The van der Waals surface area contributed by atoms with Gasteiger partial charge in [0.1, 0.15) is 0 Å². The van der Waals surface area contributed by atoms with Crippen LogP contribution in [0.3, 0.4) is 0 Å². The summed E-state index contributed by atoms with van der Waals surface area (Å²) in [6.07, 6.45) is 1.04. The smallest absolute Gasteiger partial charge is 0.408 e. The number of halogens is 1. The van der Waals surface area contributed by atoms with Crippen molar-refractivity contribution in [2.24, 2.45) is 0 Å². The SMILES string of the molecule is CCCNC(c1ccc2[nH]c(=O)oc2c1)c1ccc(Cl)s1. The van der Waals surface area contributed by atoms with E-state index in [0.717, 1.165) is 27.7 Å². The van der Waals surface area contributed by atoms with Crippen molar-refractivity contribution in [3.05, 3.63) is 55.7 Å². The number of fused-ring (bicyclic) bond motifs is 1. The van der Waals surface area contributed by atoms with Crippen molar-refractivity contribution < 1.29 is 4.42 Å². The molecule has 0 fully saturated rings. The fourth-order valence-electron chi connectivity index (χ4n) is 2.30. The third-order valence-corrected chi connectivity index (χ3v) is 4.55. The zero-order valence-electron chi connectivity index (χ0n) is 11.5. The van der Waals surface area contributed by atoms with Crippen LogP contribution in [0, 0.1) is 0 Å². The van der Waals surface area contributed by atoms with Gasteiger partial charge >= 0.3 is 5.76 Å². The van der Waals surface area contributed by atoms with Crippen LogP contribution in [0.2, 0.25) is 4.34 Å². The van der Waals surface area contributed by atoms with E-state index < -0.39 is 5.76 Å². The largest absolute Gasteiger partial charge is 0.417 e. The lowest BCUT2D eigenvalue weighted by Crippen LogP contribution is -2.22. The Hall–Kier alpha value is -1.56. The highest BCUT2D eigenvalue weighted by Gasteiger charge is 2.16. The number of oxazole rings is 1. The van der Waals surface area contributed by atoms with Crippen LogP contribution in [0.15, 0.2) is 39.5 Å². The van der Waals surface area contributed by atoms with Gasteiger partial charge in [-0.3, -0.25) is 4.98 Å². The molecule has 6 heteroatoms. The minimum absolute atomic E-state index is 0.0482. The maximum Gasteiger partial charge on any atom is 0.417 e. The molecule has 0 spiro atoms. The lowest BCUT2D eigenvalue weighted by atomic mass is 10.0. The monoisotopic (exact) mass is 322 g/mol. The zero-order chi connectivity index (χ0) is 14.8. The van der Waals surface area contributed by atoms with Crippen LogP contribution < -0.4 is 11.1 Å². The van der Waals surface area contributed by atoms with E-state index in [9.17, 15) is 4.79 Å². The number of nitrogens with one attached hydrogen (secondary N) is 2. The van der Waals surface area contributed by atoms with Gasteiger partial charge in [0, 0.05) is 4.88 Å². The van der Waals surface area contributed by atoms with E-state index in [4.69, 9.17) is 16.0 Å². The van der Waals surface area contributed by atoms with Crippen molar-refractivity contribution in [1.29, 1.82) is 0 Å². The molecule has 2 heterocycles. The molecule has 3 rings (SSSR count). The Morgan fingerprint density at radius 2 is 2.24 bits per heavy atom. The van der Waals surface area contributed by atoms with E-state index in [1.54, 1.807) is 11.3 Å². The minimum Gasteiger partial charge on any atom is -0.408 e. The first-order valence-electron chi connectivity index (χ1n) is 6.79. The number of H-pyrrole nitrogens is 1. The molecule has 0 aliphatic heterocycles. The maximum absolute atomic E-state index is 11.3. The molecular weight excluding hydrogens is 308 g/mol. The second kappa shape index (κ2) is 6.05. The van der Waals surface area contributed by atoms with Crippen LogP contribution in [-0.2, 0) is 0 Å². The predicted octanol–water partition coefficient (Wildman–Crippen LogP) is 3.93. The van der Waals surface area contributed by atoms with Gasteiger partial charge in [-0.05, 0) is 42.8 Å². The number of benzene rings is 1. The summed E-state index contributed by atoms with van der Waals surface area (Å²) >= 11 is 7.60. The summed E-state index contributed by atoms with van der Waals surface area (Å²) in [6, 6.07) is 9.73. The molecule has 0 amide bonds. The van der Waals surface area contributed by atoms with Gasteiger partial charge in [0.15, 0.2) is 5.58 Å². The summed E-state index contributed by atoms with van der Waals surface area (Å²) in [4.78, 5) is 15.1. The van der Waals surface area contributed by atoms with E-state index in [-0.39, 0.29) is 6.04 Å². The number of hydrogen-bond donors (Lipinski definition) is 2. The second-order valence-electron chi connectivity index (χ2n) is 4.80. The molecule has 1 aromatic carbocycles. The molecule has 0 radical (unpaired) electrons. The van der Waals surface area contributed by atoms with Crippen LogP contribution in [0.5, 0.6) is 0 Å². The fourth-order valence-corrected chi connectivity index (χ4v) is 3.46. The Bertz CT molecular complexity index is 805. The molecule has 0 aliphatic rings. The molecule has 0 bridgehead atoms. The van der Waals surface area contributed by atoms with E-state index in [0.29, 0.717) is 11.1 Å². The summed E-state index contributed by atoms with van der Waals surface area (Å²) in [5, 5.41) is 3.51. The zero-order valence-corrected chi connectivity index (χ0v) is 13.1. The number of aromatic nitrogens is 1. The Morgan fingerprint density at radius 1 is 1.38 bits per heavy atom. The number of hydrogen-bond acceptors (Lipinski definition) is 4. The maximum atomic E-state index is 11.3. The molecule has 0 saturated heterocycles. The quantitative estimate of drug-likeness (QED) is 0.748. The van der Waals surface area contributed by atoms with Gasteiger partial charge in [0.2, 0.25) is 0 Å². The summed E-state index contributed by atoms with van der Waals surface area (Å²) in [5.41, 5.74) is 2.34. The molecule has 1 atom stereocenters. The Kier molecular flexibility index (Phi) is 4.14. The molecule has 110 valence electrons. The van der Waals surface area contributed by atoms with Crippen molar-refractivity contribution in [2.45, 2.75) is 19.4 Å². The molecule has 1 unspecified atom stereocenters. The summed E-state index contributed by atoms with van der Waals surface area (Å²) in [7, 11) is 0. The first-order valence-corrected chi connectivity index (χ1v) is 7.98. The average Bonchev–Trinajstić information content (AvgIpc) is 3.04. The Balaban J connectivity index is 2.02. The number of rotatable bonds is 5. The van der Waals surface area contributed by atoms with E-state index in [1.165, 1.54) is 0 Å². The van der Waals surface area contributed by atoms with Crippen molar-refractivity contribution in [3.63, 3.8) is 0 Å². The third kappa shape index (κ3) is 3.05. The van der Waals surface area contributed by atoms with Crippen molar-refractivity contribution in [1.82, 2.24) is 10.3 Å². The fraction of sp³-hybridized carbons (Fsp3) is 0.267. The van der Waals surface area contributed by atoms with Gasteiger partial charge in [-0.15, -0.1) is 11.3 Å². The molecule has 4 nitrogen and oxygen atoms in total. The normalized spacial score (nSPS) is 12.9. The Morgan fingerprint density at radius 3 is 2.95 bits per heavy atom. The van der Waals surface area contributed by atoms with Gasteiger partial charge in [-0.25, -0.2) is 4.79 Å². The summed E-state index contributed by atoms with van der Waals surface area (Å²) in [5.74, 6) is -0.431. The number of aromatic amines is 1. The van der Waals surface area contributed by atoms with Gasteiger partial charge in [0.25, 0.3) is 0 Å². The van der Waals surface area contributed by atoms with Gasteiger partial charge in [-0.1, -0.05) is 24.6 Å². The molecule has 0 saturated carbocycles. The van der Waals surface area contributed by atoms with Gasteiger partial charge in [-0.2, -0.15) is 0 Å². The van der Waals surface area contributed by atoms with E-state index in [2.05, 4.69) is 17.2 Å². The average molecular weight is 323 g/mol. The van der Waals surface area contributed by atoms with Crippen molar-refractivity contribution >= 4 is 34.0 Å². The van der Waals surface area contributed by atoms with Crippen molar-refractivity contribution in [3.8, 4) is 0 Å². The van der Waals surface area contributed by atoms with Crippen LogP contribution in [-0.4, -0.2) is 11.5 Å². The van der Waals surface area contributed by atoms with Crippen LogP contribution >= 0.6 is 22.9 Å². The summed E-state index contributed by atoms with van der Waals surface area (Å²) in [6.45, 7) is 3.02. The van der Waals surface area contributed by atoms with Crippen LogP contribution in [0.4, 0.5) is 0 Å². The first kappa shape index (κ1) is 14.4. The van der Waals surface area contributed by atoms with Crippen LogP contribution in [0.25, 0.3) is 11.1 Å². The highest BCUT2D eigenvalue weighted by atomic mass is 35.5. The summed E-state index contributed by atoms with van der Waals surface area (Å²) < 4.78 is 5.91. The molecule has 2 N–H and O–H groups in total. The lowest BCUT2D eigenvalue weighted by Gasteiger charge is -2.17. The molecule has 3 aromatic rings. The molecule has 2 aromatic heterocycles. The molecular formula is C15H15ClN2O2S. The second-order valence-corrected chi connectivity index (χ2v) is 6.55. The molecule has 0 aliphatic carbocycles. The highest BCUT2D eigenvalue weighted by Crippen LogP contribution is 2.32. The lowest BCUT2D eigenvalue weighted by molar-refractivity contribution is 0.553. The van der Waals surface area contributed by atoms with Crippen LogP contribution in [0.1, 0.15) is 29.8 Å². The third-order valence-electron chi connectivity index (χ3n) is 3.26. The standard InChI is InChI=1S/C15H15ClN2O2S/c1-2-7-17-14(12-5-6-13(16)21-12)9-3-4-10-11(8-9)20-15(19)18-10/h3-6,8,14,17H,2,7H2,1H3,(H,18,19). The van der Waals surface area contributed by atoms with Crippen molar-refractivity contribution in [2.75, 3.05) is 6.54 Å². The van der Waals surface area contributed by atoms with Gasteiger partial charge in [0.05, 0.1) is 15.9 Å². The topological polar surface area (TPSA) is 58.0 Å². The van der Waals surface area contributed by atoms with E-state index in [1.807, 2.05) is 30.3 Å². The predicted molar refractivity (Wildman–Crippen MR) is 86.3 cm³/mol.